The summed E-state index contributed by atoms with van der Waals surface area (Å²) in [7, 11) is 0. The first kappa shape index (κ1) is 21.3. The molecule has 2 heterocycles. The fourth-order valence-electron chi connectivity index (χ4n) is 3.19. The van der Waals surface area contributed by atoms with Crippen molar-refractivity contribution in [2.24, 2.45) is 0 Å². The van der Waals surface area contributed by atoms with Gasteiger partial charge < -0.3 is 24.3 Å². The lowest BCUT2D eigenvalue weighted by Gasteiger charge is -2.29. The summed E-state index contributed by atoms with van der Waals surface area (Å²) < 4.78 is 21.3. The van der Waals surface area contributed by atoms with Gasteiger partial charge in [0.2, 0.25) is 12.7 Å². The zero-order valence-electron chi connectivity index (χ0n) is 17.9. The van der Waals surface area contributed by atoms with E-state index < -0.39 is 17.6 Å². The van der Waals surface area contributed by atoms with Crippen LogP contribution in [0.2, 0.25) is 0 Å². The van der Waals surface area contributed by atoms with E-state index in [2.05, 4.69) is 10.6 Å². The molecule has 0 bridgehead atoms. The molecule has 2 aliphatic rings. The summed E-state index contributed by atoms with van der Waals surface area (Å²) in [5, 5.41) is 5.36. The maximum Gasteiger partial charge on any atom is 0.412 e. The summed E-state index contributed by atoms with van der Waals surface area (Å²) in [4.78, 5) is 38.5. The van der Waals surface area contributed by atoms with Gasteiger partial charge in [0.05, 0.1) is 5.69 Å². The lowest BCUT2D eigenvalue weighted by molar-refractivity contribution is -0.123. The number of carbonyl (C=O) groups excluding carboxylic acids is 3. The molecule has 10 heteroatoms. The standard InChI is InChI=1S/C22H23N3O7/c1-22(2,3)32-21(28)24-13-4-6-16-15(8-13)25(20(27)11-29-16)10-19(26)23-14-5-7-17-18(9-14)31-12-30-17/h4-9H,10-12H2,1-3H3,(H,23,26)(H,24,28). The average molecular weight is 441 g/mol. The van der Waals surface area contributed by atoms with Crippen LogP contribution in [0.3, 0.4) is 0 Å². The number of ether oxygens (including phenoxy) is 4. The quantitative estimate of drug-likeness (QED) is 0.749. The fourth-order valence-corrected chi connectivity index (χ4v) is 3.19. The molecule has 2 aromatic rings. The van der Waals surface area contributed by atoms with Crippen LogP contribution in [0.4, 0.5) is 21.9 Å². The van der Waals surface area contributed by atoms with Crippen molar-refractivity contribution < 1.29 is 33.3 Å². The number of hydrogen-bond acceptors (Lipinski definition) is 7. The topological polar surface area (TPSA) is 115 Å². The van der Waals surface area contributed by atoms with Gasteiger partial charge in [-0.15, -0.1) is 0 Å². The minimum atomic E-state index is -0.657. The second-order valence-corrected chi connectivity index (χ2v) is 8.19. The average Bonchev–Trinajstić information content (AvgIpc) is 3.16. The van der Waals surface area contributed by atoms with E-state index in [0.29, 0.717) is 34.3 Å². The molecule has 32 heavy (non-hydrogen) atoms. The van der Waals surface area contributed by atoms with Crippen molar-refractivity contribution in [3.8, 4) is 17.2 Å². The molecular weight excluding hydrogens is 418 g/mol. The second-order valence-electron chi connectivity index (χ2n) is 8.19. The molecule has 0 aromatic heterocycles. The largest absolute Gasteiger partial charge is 0.482 e. The SMILES string of the molecule is CC(C)(C)OC(=O)Nc1ccc2c(c1)N(CC(=O)Nc1ccc3c(c1)OCO3)C(=O)CO2. The van der Waals surface area contributed by atoms with Crippen LogP contribution in [-0.2, 0) is 14.3 Å². The van der Waals surface area contributed by atoms with Crippen molar-refractivity contribution in [3.63, 3.8) is 0 Å². The van der Waals surface area contributed by atoms with Crippen LogP contribution in [0.1, 0.15) is 20.8 Å². The summed E-state index contributed by atoms with van der Waals surface area (Å²) in [6, 6.07) is 9.84. The van der Waals surface area contributed by atoms with Gasteiger partial charge in [-0.2, -0.15) is 0 Å². The lowest BCUT2D eigenvalue weighted by Crippen LogP contribution is -2.43. The number of hydrogen-bond donors (Lipinski definition) is 2. The number of fused-ring (bicyclic) bond motifs is 2. The Balaban J connectivity index is 1.48. The highest BCUT2D eigenvalue weighted by atomic mass is 16.7. The molecule has 0 saturated carbocycles. The van der Waals surface area contributed by atoms with Crippen molar-refractivity contribution >= 4 is 35.0 Å². The van der Waals surface area contributed by atoms with E-state index in [1.165, 1.54) is 4.90 Å². The van der Waals surface area contributed by atoms with Crippen molar-refractivity contribution in [2.75, 3.05) is 35.5 Å². The van der Waals surface area contributed by atoms with E-state index in [9.17, 15) is 14.4 Å². The van der Waals surface area contributed by atoms with Gasteiger partial charge in [-0.25, -0.2) is 4.79 Å². The summed E-state index contributed by atoms with van der Waals surface area (Å²) in [6.07, 6.45) is -0.632. The van der Waals surface area contributed by atoms with E-state index in [0.717, 1.165) is 0 Å². The lowest BCUT2D eigenvalue weighted by atomic mass is 10.2. The predicted molar refractivity (Wildman–Crippen MR) is 115 cm³/mol. The van der Waals surface area contributed by atoms with Crippen LogP contribution in [0.15, 0.2) is 36.4 Å². The summed E-state index contributed by atoms with van der Waals surface area (Å²) in [5.41, 5.74) is 0.629. The van der Waals surface area contributed by atoms with Crippen LogP contribution in [0.5, 0.6) is 17.2 Å². The third kappa shape index (κ3) is 4.85. The Morgan fingerprint density at radius 1 is 0.969 bits per heavy atom. The molecular formula is C22H23N3O7. The molecule has 0 spiro atoms. The first-order valence-corrected chi connectivity index (χ1v) is 9.95. The zero-order valence-corrected chi connectivity index (χ0v) is 17.9. The maximum atomic E-state index is 12.6. The van der Waals surface area contributed by atoms with Crippen molar-refractivity contribution in [2.45, 2.75) is 26.4 Å². The molecule has 0 aliphatic carbocycles. The Labute approximate surface area is 184 Å². The first-order valence-electron chi connectivity index (χ1n) is 9.95. The third-order valence-electron chi connectivity index (χ3n) is 4.51. The number of amides is 3. The summed E-state index contributed by atoms with van der Waals surface area (Å²) >= 11 is 0. The highest BCUT2D eigenvalue weighted by Gasteiger charge is 2.28. The summed E-state index contributed by atoms with van der Waals surface area (Å²) in [5.74, 6) is 0.775. The van der Waals surface area contributed by atoms with E-state index in [4.69, 9.17) is 18.9 Å². The highest BCUT2D eigenvalue weighted by Crippen LogP contribution is 2.36. The van der Waals surface area contributed by atoms with Gasteiger partial charge in [-0.1, -0.05) is 0 Å². The molecule has 0 unspecified atom stereocenters. The van der Waals surface area contributed by atoms with Gasteiger partial charge in [0.1, 0.15) is 17.9 Å². The molecule has 10 nitrogen and oxygen atoms in total. The Morgan fingerprint density at radius 3 is 2.41 bits per heavy atom. The number of benzene rings is 2. The van der Waals surface area contributed by atoms with Gasteiger partial charge in [-0.3, -0.25) is 19.8 Å². The maximum absolute atomic E-state index is 12.6. The highest BCUT2D eigenvalue weighted by molar-refractivity contribution is 6.05. The number of nitrogens with one attached hydrogen (secondary N) is 2. The number of anilines is 3. The van der Waals surface area contributed by atoms with Crippen LogP contribution >= 0.6 is 0 Å². The monoisotopic (exact) mass is 441 g/mol. The molecule has 168 valence electrons. The minimum Gasteiger partial charge on any atom is -0.482 e. The fraction of sp³-hybridized carbons (Fsp3) is 0.318. The number of nitrogens with zero attached hydrogens (tertiary/aromatic N) is 1. The molecule has 2 aliphatic heterocycles. The van der Waals surface area contributed by atoms with Gasteiger partial charge in [0.25, 0.3) is 5.91 Å². The Hall–Kier alpha value is -3.95. The third-order valence-corrected chi connectivity index (χ3v) is 4.51. The zero-order chi connectivity index (χ0) is 22.9. The molecule has 0 fully saturated rings. The molecule has 0 saturated heterocycles. The molecule has 0 radical (unpaired) electrons. The minimum absolute atomic E-state index is 0.130. The van der Waals surface area contributed by atoms with E-state index in [1.54, 1.807) is 57.2 Å². The molecule has 0 atom stereocenters. The van der Waals surface area contributed by atoms with Crippen molar-refractivity contribution in [3.05, 3.63) is 36.4 Å². The first-order chi connectivity index (χ1) is 15.2. The molecule has 4 rings (SSSR count). The number of carbonyl (C=O) groups is 3. The number of rotatable bonds is 4. The van der Waals surface area contributed by atoms with Crippen LogP contribution in [0, 0.1) is 0 Å². The molecule has 2 N–H and O–H groups in total. The second kappa shape index (κ2) is 8.29. The smallest absolute Gasteiger partial charge is 0.412 e. The Bertz CT molecular complexity index is 1080. The van der Waals surface area contributed by atoms with Gasteiger partial charge in [0.15, 0.2) is 18.1 Å². The van der Waals surface area contributed by atoms with Gasteiger partial charge >= 0.3 is 6.09 Å². The van der Waals surface area contributed by atoms with Crippen molar-refractivity contribution in [1.29, 1.82) is 0 Å². The normalized spacial score (nSPS) is 14.3. The van der Waals surface area contributed by atoms with Crippen LogP contribution < -0.4 is 29.7 Å². The van der Waals surface area contributed by atoms with Gasteiger partial charge in [0, 0.05) is 17.4 Å². The molecule has 2 aromatic carbocycles. The Kier molecular flexibility index (Phi) is 5.52. The predicted octanol–water partition coefficient (Wildman–Crippen LogP) is 3.13. The van der Waals surface area contributed by atoms with Crippen LogP contribution in [0.25, 0.3) is 0 Å². The van der Waals surface area contributed by atoms with E-state index in [1.807, 2.05) is 0 Å². The van der Waals surface area contributed by atoms with Gasteiger partial charge in [-0.05, 0) is 51.1 Å². The van der Waals surface area contributed by atoms with E-state index >= 15 is 0 Å². The van der Waals surface area contributed by atoms with Crippen LogP contribution in [-0.4, -0.2) is 43.5 Å². The summed E-state index contributed by atoms with van der Waals surface area (Å²) in [6.45, 7) is 4.97. The molecule has 3 amide bonds. The van der Waals surface area contributed by atoms with Crippen molar-refractivity contribution in [1.82, 2.24) is 0 Å². The van der Waals surface area contributed by atoms with E-state index in [-0.39, 0.29) is 25.9 Å². The Morgan fingerprint density at radius 2 is 1.66 bits per heavy atom.